The van der Waals surface area contributed by atoms with E-state index in [9.17, 15) is 4.79 Å². The number of rotatable bonds is 3. The Balaban J connectivity index is 2.46. The molecule has 0 saturated carbocycles. The van der Waals surface area contributed by atoms with Crippen LogP contribution < -0.4 is 0 Å². The summed E-state index contributed by atoms with van der Waals surface area (Å²) in [5.74, 6) is 0. The van der Waals surface area contributed by atoms with Crippen LogP contribution in [0.2, 0.25) is 0 Å². The van der Waals surface area contributed by atoms with Gasteiger partial charge in [0.1, 0.15) is 5.60 Å². The van der Waals surface area contributed by atoms with E-state index < -0.39 is 5.60 Å². The largest absolute Gasteiger partial charge is 0.444 e. The number of carbonyl (C=O) groups is 1. The molecular weight excluding hydrogens is 216 g/mol. The molecule has 1 aliphatic heterocycles. The zero-order valence-electron chi connectivity index (χ0n) is 11.0. The lowest BCUT2D eigenvalue weighted by Crippen LogP contribution is -2.39. The molecule has 96 valence electrons. The maximum Gasteiger partial charge on any atom is 0.410 e. The van der Waals surface area contributed by atoms with Crippen molar-refractivity contribution in [3.63, 3.8) is 0 Å². The van der Waals surface area contributed by atoms with Gasteiger partial charge in [-0.1, -0.05) is 0 Å². The van der Waals surface area contributed by atoms with E-state index in [1.54, 1.807) is 0 Å². The summed E-state index contributed by atoms with van der Waals surface area (Å²) in [5, 5.41) is 8.51. The topological polar surface area (TPSA) is 53.3 Å². The van der Waals surface area contributed by atoms with Crippen LogP contribution in [0.1, 0.15) is 52.9 Å². The van der Waals surface area contributed by atoms with E-state index in [0.717, 1.165) is 32.2 Å². The molecule has 1 fully saturated rings. The van der Waals surface area contributed by atoms with Crippen molar-refractivity contribution in [2.45, 2.75) is 64.5 Å². The van der Waals surface area contributed by atoms with E-state index in [1.807, 2.05) is 25.7 Å². The second-order valence-corrected chi connectivity index (χ2v) is 5.52. The first-order chi connectivity index (χ1) is 7.94. The molecule has 17 heavy (non-hydrogen) atoms. The summed E-state index contributed by atoms with van der Waals surface area (Å²) in [7, 11) is 0. The molecule has 0 N–H and O–H groups in total. The van der Waals surface area contributed by atoms with Gasteiger partial charge in [-0.3, -0.25) is 0 Å². The van der Waals surface area contributed by atoms with Gasteiger partial charge in [0, 0.05) is 19.0 Å². The van der Waals surface area contributed by atoms with Crippen LogP contribution in [0.25, 0.3) is 0 Å². The third-order valence-corrected chi connectivity index (χ3v) is 2.83. The van der Waals surface area contributed by atoms with Crippen LogP contribution in [0.3, 0.4) is 0 Å². The Morgan fingerprint density at radius 3 is 2.82 bits per heavy atom. The van der Waals surface area contributed by atoms with Crippen molar-refractivity contribution >= 4 is 6.09 Å². The molecule has 0 aromatic heterocycles. The molecule has 1 saturated heterocycles. The maximum atomic E-state index is 11.9. The Bertz CT molecular complexity index is 302. The monoisotopic (exact) mass is 238 g/mol. The molecule has 1 atom stereocenters. The maximum absolute atomic E-state index is 11.9. The zero-order chi connectivity index (χ0) is 12.9. The van der Waals surface area contributed by atoms with Crippen LogP contribution in [0.5, 0.6) is 0 Å². The van der Waals surface area contributed by atoms with Gasteiger partial charge in [-0.2, -0.15) is 5.26 Å². The SMILES string of the molecule is CC(C)(C)OC(=O)N1CCC[C@H]1CCCC#N. The Labute approximate surface area is 104 Å². The smallest absolute Gasteiger partial charge is 0.410 e. The first kappa shape index (κ1) is 13.8. The summed E-state index contributed by atoms with van der Waals surface area (Å²) >= 11 is 0. The molecule has 1 heterocycles. The van der Waals surface area contributed by atoms with Gasteiger partial charge >= 0.3 is 6.09 Å². The lowest BCUT2D eigenvalue weighted by Gasteiger charge is -2.28. The fourth-order valence-electron chi connectivity index (χ4n) is 2.11. The van der Waals surface area contributed by atoms with Crippen molar-refractivity contribution in [2.24, 2.45) is 0 Å². The average Bonchev–Trinajstić information content (AvgIpc) is 2.64. The first-order valence-corrected chi connectivity index (χ1v) is 6.30. The Kier molecular flexibility index (Phi) is 4.80. The van der Waals surface area contributed by atoms with Crippen molar-refractivity contribution in [3.8, 4) is 6.07 Å². The molecule has 0 bridgehead atoms. The number of nitrogens with zero attached hydrogens (tertiary/aromatic N) is 2. The Morgan fingerprint density at radius 2 is 2.24 bits per heavy atom. The Morgan fingerprint density at radius 1 is 1.53 bits per heavy atom. The normalized spacial score (nSPS) is 20.1. The van der Waals surface area contributed by atoms with Crippen LogP contribution >= 0.6 is 0 Å². The zero-order valence-corrected chi connectivity index (χ0v) is 11.0. The van der Waals surface area contributed by atoms with Gasteiger partial charge in [-0.25, -0.2) is 4.79 Å². The minimum atomic E-state index is -0.434. The van der Waals surface area contributed by atoms with Gasteiger partial charge in [-0.15, -0.1) is 0 Å². The highest BCUT2D eigenvalue weighted by Gasteiger charge is 2.31. The molecule has 0 radical (unpaired) electrons. The molecular formula is C13H22N2O2. The molecule has 1 rings (SSSR count). The average molecular weight is 238 g/mol. The molecule has 0 spiro atoms. The molecule has 1 amide bonds. The Hall–Kier alpha value is -1.24. The van der Waals surface area contributed by atoms with Crippen molar-refractivity contribution in [2.75, 3.05) is 6.54 Å². The van der Waals surface area contributed by atoms with E-state index in [2.05, 4.69) is 6.07 Å². The highest BCUT2D eigenvalue weighted by molar-refractivity contribution is 5.68. The summed E-state index contributed by atoms with van der Waals surface area (Å²) in [4.78, 5) is 13.8. The van der Waals surface area contributed by atoms with Gasteiger partial charge in [-0.05, 0) is 46.5 Å². The van der Waals surface area contributed by atoms with Crippen LogP contribution in [-0.4, -0.2) is 29.2 Å². The molecule has 0 aromatic carbocycles. The molecule has 0 aromatic rings. The van der Waals surface area contributed by atoms with Crippen LogP contribution in [0, 0.1) is 11.3 Å². The third-order valence-electron chi connectivity index (χ3n) is 2.83. The number of hydrogen-bond donors (Lipinski definition) is 0. The summed E-state index contributed by atoms with van der Waals surface area (Å²) in [5.41, 5.74) is -0.434. The van der Waals surface area contributed by atoms with Crippen molar-refractivity contribution in [1.82, 2.24) is 4.90 Å². The van der Waals surface area contributed by atoms with Crippen molar-refractivity contribution in [1.29, 1.82) is 5.26 Å². The second-order valence-electron chi connectivity index (χ2n) is 5.52. The summed E-state index contributed by atoms with van der Waals surface area (Å²) in [6, 6.07) is 2.40. The van der Waals surface area contributed by atoms with Crippen molar-refractivity contribution in [3.05, 3.63) is 0 Å². The molecule has 4 nitrogen and oxygen atoms in total. The van der Waals surface area contributed by atoms with Crippen LogP contribution in [-0.2, 0) is 4.74 Å². The van der Waals surface area contributed by atoms with Gasteiger partial charge < -0.3 is 9.64 Å². The van der Waals surface area contributed by atoms with E-state index in [4.69, 9.17) is 10.00 Å². The van der Waals surface area contributed by atoms with Crippen molar-refractivity contribution < 1.29 is 9.53 Å². The lowest BCUT2D eigenvalue weighted by molar-refractivity contribution is 0.0219. The minimum Gasteiger partial charge on any atom is -0.444 e. The van der Waals surface area contributed by atoms with Gasteiger partial charge in [0.05, 0.1) is 6.07 Å². The van der Waals surface area contributed by atoms with E-state index in [-0.39, 0.29) is 12.1 Å². The van der Waals surface area contributed by atoms with Gasteiger partial charge in [0.25, 0.3) is 0 Å². The summed E-state index contributed by atoms with van der Waals surface area (Å²) in [6.07, 6.45) is 4.20. The number of amides is 1. The first-order valence-electron chi connectivity index (χ1n) is 6.30. The fourth-order valence-corrected chi connectivity index (χ4v) is 2.11. The lowest BCUT2D eigenvalue weighted by atomic mass is 10.1. The molecule has 0 aliphatic carbocycles. The molecule has 4 heteroatoms. The molecule has 1 aliphatic rings. The highest BCUT2D eigenvalue weighted by Crippen LogP contribution is 2.24. The van der Waals surface area contributed by atoms with Gasteiger partial charge in [0.15, 0.2) is 0 Å². The summed E-state index contributed by atoms with van der Waals surface area (Å²) < 4.78 is 5.38. The standard InChI is InChI=1S/C13H22N2O2/c1-13(2,3)17-12(16)15-10-6-8-11(15)7-4-5-9-14/h11H,4-8,10H2,1-3H3/t11-/m1/s1. The van der Waals surface area contributed by atoms with E-state index in [1.165, 1.54) is 0 Å². The third kappa shape index (κ3) is 4.64. The van der Waals surface area contributed by atoms with Crippen LogP contribution in [0.4, 0.5) is 4.79 Å². The quantitative estimate of drug-likeness (QED) is 0.710. The number of carbonyl (C=O) groups excluding carboxylic acids is 1. The fraction of sp³-hybridized carbons (Fsp3) is 0.846. The predicted molar refractivity (Wildman–Crippen MR) is 65.4 cm³/mol. The number of nitriles is 1. The minimum absolute atomic E-state index is 0.211. The molecule has 0 unspecified atom stereocenters. The number of unbranched alkanes of at least 4 members (excludes halogenated alkanes) is 1. The predicted octanol–water partition coefficient (Wildman–Crippen LogP) is 3.08. The highest BCUT2D eigenvalue weighted by atomic mass is 16.6. The summed E-state index contributed by atoms with van der Waals surface area (Å²) in [6.45, 7) is 6.43. The number of hydrogen-bond acceptors (Lipinski definition) is 3. The number of ether oxygens (including phenoxy) is 1. The number of likely N-dealkylation sites (tertiary alicyclic amines) is 1. The van der Waals surface area contributed by atoms with E-state index >= 15 is 0 Å². The second kappa shape index (κ2) is 5.90. The van der Waals surface area contributed by atoms with Gasteiger partial charge in [0.2, 0.25) is 0 Å². The van der Waals surface area contributed by atoms with Crippen LogP contribution in [0.15, 0.2) is 0 Å². The van der Waals surface area contributed by atoms with E-state index in [0.29, 0.717) is 6.42 Å².